The average Bonchev–Trinajstić information content (AvgIpc) is 3.64. The molecule has 0 spiro atoms. The quantitative estimate of drug-likeness (QED) is 0.300. The molecule has 1 N–H and O–H groups in total. The molecular weight excluding hydrogens is 438 g/mol. The Labute approximate surface area is 208 Å². The van der Waals surface area contributed by atoms with Crippen molar-refractivity contribution < 1.29 is 14.6 Å². The molecule has 0 amide bonds. The number of para-hydroxylation sites is 1. The highest BCUT2D eigenvalue weighted by Gasteiger charge is 2.28. The number of methoxy groups -OCH3 is 1. The first kappa shape index (κ1) is 25.0. The molecule has 0 saturated heterocycles. The molecule has 1 unspecified atom stereocenters. The van der Waals surface area contributed by atoms with Gasteiger partial charge in [0.15, 0.2) is 0 Å². The Morgan fingerprint density at radius 2 is 1.94 bits per heavy atom. The molecule has 35 heavy (non-hydrogen) atoms. The van der Waals surface area contributed by atoms with Crippen LogP contribution in [0, 0.1) is 5.92 Å². The summed E-state index contributed by atoms with van der Waals surface area (Å²) in [6, 6.07) is 17.7. The Balaban J connectivity index is 1.70. The van der Waals surface area contributed by atoms with E-state index in [2.05, 4.69) is 18.4 Å². The van der Waals surface area contributed by atoms with Crippen LogP contribution in [0.5, 0.6) is 17.4 Å². The van der Waals surface area contributed by atoms with Crippen molar-refractivity contribution in [1.82, 2.24) is 14.7 Å². The average molecular weight is 476 g/mol. The summed E-state index contributed by atoms with van der Waals surface area (Å²) in [6.45, 7) is 8.20. The first-order chi connectivity index (χ1) is 17.1. The summed E-state index contributed by atoms with van der Waals surface area (Å²) in [7, 11) is 1.65. The van der Waals surface area contributed by atoms with E-state index in [9.17, 15) is 5.11 Å². The number of rotatable bonds is 14. The second kappa shape index (κ2) is 12.0. The third-order valence-corrected chi connectivity index (χ3v) is 6.38. The van der Waals surface area contributed by atoms with E-state index in [4.69, 9.17) is 14.6 Å². The summed E-state index contributed by atoms with van der Waals surface area (Å²) < 4.78 is 13.8. The third kappa shape index (κ3) is 6.74. The number of hydrogen-bond acceptors (Lipinski definition) is 5. The number of ether oxygens (including phenoxy) is 2. The van der Waals surface area contributed by atoms with Gasteiger partial charge in [0.1, 0.15) is 11.5 Å². The van der Waals surface area contributed by atoms with E-state index in [-0.39, 0.29) is 6.10 Å². The van der Waals surface area contributed by atoms with Crippen LogP contribution < -0.4 is 9.47 Å². The van der Waals surface area contributed by atoms with Crippen LogP contribution in [-0.2, 0) is 13.0 Å². The van der Waals surface area contributed by atoms with E-state index in [1.807, 2.05) is 65.4 Å². The molecule has 1 heterocycles. The maximum absolute atomic E-state index is 10.7. The van der Waals surface area contributed by atoms with Gasteiger partial charge in [-0.3, -0.25) is 4.90 Å². The largest absolute Gasteiger partial charge is 0.497 e. The van der Waals surface area contributed by atoms with Crippen molar-refractivity contribution >= 4 is 0 Å². The molecule has 186 valence electrons. The highest BCUT2D eigenvalue weighted by molar-refractivity contribution is 5.44. The number of aliphatic hydroxyl groups is 1. The molecule has 3 aromatic rings. The fourth-order valence-electron chi connectivity index (χ4n) is 4.34. The Hall–Kier alpha value is -3.09. The van der Waals surface area contributed by atoms with E-state index in [0.717, 1.165) is 48.5 Å². The number of aliphatic hydroxyl groups excluding tert-OH is 1. The molecule has 0 radical (unpaired) electrons. The molecule has 2 aromatic carbocycles. The van der Waals surface area contributed by atoms with Crippen LogP contribution in [0.3, 0.4) is 0 Å². The first-order valence-electron chi connectivity index (χ1n) is 12.6. The molecule has 1 atom stereocenters. The molecule has 1 aromatic heterocycles. The lowest BCUT2D eigenvalue weighted by atomic mass is 10.1. The van der Waals surface area contributed by atoms with Crippen LogP contribution in [0.2, 0.25) is 0 Å². The van der Waals surface area contributed by atoms with Crippen LogP contribution in [0.4, 0.5) is 0 Å². The van der Waals surface area contributed by atoms with Gasteiger partial charge >= 0.3 is 0 Å². The van der Waals surface area contributed by atoms with Crippen molar-refractivity contribution in [3.8, 4) is 23.1 Å². The summed E-state index contributed by atoms with van der Waals surface area (Å²) in [5.74, 6) is 2.86. The van der Waals surface area contributed by atoms with Crippen LogP contribution in [0.15, 0.2) is 67.3 Å². The molecule has 0 aliphatic heterocycles. The fourth-order valence-corrected chi connectivity index (χ4v) is 4.34. The minimum atomic E-state index is -0.385. The zero-order valence-corrected chi connectivity index (χ0v) is 20.9. The van der Waals surface area contributed by atoms with Gasteiger partial charge in [-0.1, -0.05) is 37.3 Å². The SMILES string of the molecule is C=CCCC(O)CN(Cc1c(CC)nn(-c2ccccc2)c1Oc1cccc(OC)c1)CC1CC1. The highest BCUT2D eigenvalue weighted by Crippen LogP contribution is 2.35. The van der Waals surface area contributed by atoms with Crippen molar-refractivity contribution in [2.75, 3.05) is 20.2 Å². The lowest BCUT2D eigenvalue weighted by Gasteiger charge is -2.25. The number of benzene rings is 2. The number of hydrogen-bond donors (Lipinski definition) is 1. The smallest absolute Gasteiger partial charge is 0.227 e. The van der Waals surface area contributed by atoms with Crippen molar-refractivity contribution in [3.05, 3.63) is 78.5 Å². The van der Waals surface area contributed by atoms with Gasteiger partial charge in [-0.25, -0.2) is 4.68 Å². The number of nitrogens with zero attached hydrogens (tertiary/aromatic N) is 3. The topological polar surface area (TPSA) is 59.8 Å². The van der Waals surface area contributed by atoms with Gasteiger partial charge in [0.25, 0.3) is 0 Å². The van der Waals surface area contributed by atoms with Gasteiger partial charge in [-0.15, -0.1) is 6.58 Å². The number of allylic oxidation sites excluding steroid dienone is 1. The monoisotopic (exact) mass is 475 g/mol. The van der Waals surface area contributed by atoms with Gasteiger partial charge < -0.3 is 14.6 Å². The van der Waals surface area contributed by atoms with Gasteiger partial charge in [0.05, 0.1) is 30.2 Å². The van der Waals surface area contributed by atoms with E-state index in [1.165, 1.54) is 12.8 Å². The zero-order chi connectivity index (χ0) is 24.6. The molecule has 1 saturated carbocycles. The molecule has 6 heteroatoms. The van der Waals surface area contributed by atoms with Crippen molar-refractivity contribution in [2.45, 2.75) is 51.7 Å². The highest BCUT2D eigenvalue weighted by atomic mass is 16.5. The van der Waals surface area contributed by atoms with Crippen LogP contribution in [-0.4, -0.2) is 46.1 Å². The summed E-state index contributed by atoms with van der Waals surface area (Å²) in [4.78, 5) is 2.37. The van der Waals surface area contributed by atoms with E-state index < -0.39 is 0 Å². The van der Waals surface area contributed by atoms with Crippen molar-refractivity contribution in [2.24, 2.45) is 5.92 Å². The Morgan fingerprint density at radius 1 is 1.17 bits per heavy atom. The van der Waals surface area contributed by atoms with Crippen LogP contribution >= 0.6 is 0 Å². The van der Waals surface area contributed by atoms with Gasteiger partial charge in [-0.05, 0) is 62.3 Å². The normalized spacial score (nSPS) is 14.2. The lowest BCUT2D eigenvalue weighted by Crippen LogP contribution is -2.34. The molecule has 1 aliphatic carbocycles. The van der Waals surface area contributed by atoms with Crippen molar-refractivity contribution in [1.29, 1.82) is 0 Å². The van der Waals surface area contributed by atoms with Gasteiger partial charge in [0, 0.05) is 25.7 Å². The molecule has 1 fully saturated rings. The summed E-state index contributed by atoms with van der Waals surface area (Å²) in [6.07, 6.45) is 6.33. The van der Waals surface area contributed by atoms with Crippen LogP contribution in [0.1, 0.15) is 43.9 Å². The minimum absolute atomic E-state index is 0.385. The second-order valence-electron chi connectivity index (χ2n) is 9.27. The molecule has 4 rings (SSSR count). The standard InChI is InChI=1S/C29H37N3O3/c1-4-6-13-24(33)20-31(19-22-16-17-22)21-27-28(5-2)30-32(23-11-8-7-9-12-23)29(27)35-26-15-10-14-25(18-26)34-3/h4,7-12,14-15,18,22,24,33H,1,5-6,13,16-17,19-21H2,2-3H3. The number of aromatic nitrogens is 2. The van der Waals surface area contributed by atoms with Crippen LogP contribution in [0.25, 0.3) is 5.69 Å². The zero-order valence-electron chi connectivity index (χ0n) is 20.9. The predicted molar refractivity (Wildman–Crippen MR) is 139 cm³/mol. The number of aryl methyl sites for hydroxylation is 1. The minimum Gasteiger partial charge on any atom is -0.497 e. The second-order valence-corrected chi connectivity index (χ2v) is 9.27. The summed E-state index contributed by atoms with van der Waals surface area (Å²) >= 11 is 0. The maximum atomic E-state index is 10.7. The summed E-state index contributed by atoms with van der Waals surface area (Å²) in [5.41, 5.74) is 3.02. The predicted octanol–water partition coefficient (Wildman–Crippen LogP) is 5.77. The molecular formula is C29H37N3O3. The molecule has 6 nitrogen and oxygen atoms in total. The van der Waals surface area contributed by atoms with E-state index >= 15 is 0 Å². The summed E-state index contributed by atoms with van der Waals surface area (Å²) in [5, 5.41) is 15.7. The van der Waals surface area contributed by atoms with Gasteiger partial charge in [0.2, 0.25) is 5.88 Å². The molecule has 0 bridgehead atoms. The van der Waals surface area contributed by atoms with E-state index in [1.54, 1.807) is 7.11 Å². The maximum Gasteiger partial charge on any atom is 0.227 e. The van der Waals surface area contributed by atoms with Crippen molar-refractivity contribution in [3.63, 3.8) is 0 Å². The third-order valence-electron chi connectivity index (χ3n) is 6.38. The Bertz CT molecular complexity index is 1090. The van der Waals surface area contributed by atoms with Gasteiger partial charge in [-0.2, -0.15) is 5.10 Å². The fraction of sp³-hybridized carbons (Fsp3) is 0.414. The Kier molecular flexibility index (Phi) is 8.61. The van der Waals surface area contributed by atoms with E-state index in [0.29, 0.717) is 30.6 Å². The Morgan fingerprint density at radius 3 is 2.63 bits per heavy atom. The first-order valence-corrected chi connectivity index (χ1v) is 12.6. The molecule has 1 aliphatic rings. The lowest BCUT2D eigenvalue weighted by molar-refractivity contribution is 0.0990.